The Morgan fingerprint density at radius 3 is 1.86 bits per heavy atom. The fraction of sp³-hybridized carbons (Fsp3) is 0.476. The lowest BCUT2D eigenvalue weighted by molar-refractivity contribution is -0.169. The van der Waals surface area contributed by atoms with E-state index in [0.717, 1.165) is 6.33 Å². The van der Waals surface area contributed by atoms with Crippen LogP contribution in [0.5, 0.6) is 0 Å². The molecule has 4 aromatic heterocycles. The Hall–Kier alpha value is -3.17. The summed E-state index contributed by atoms with van der Waals surface area (Å²) in [4.78, 5) is 42.0. The fourth-order valence-electron chi connectivity index (χ4n) is 5.16. The predicted molar refractivity (Wildman–Crippen MR) is 143 cm³/mol. The molecule has 0 saturated carbocycles. The maximum Gasteiger partial charge on any atom is 0.354 e. The van der Waals surface area contributed by atoms with Gasteiger partial charge in [0.15, 0.2) is 54.8 Å². The number of fused-ring (bicyclic) bond motifs is 6. The number of nitrogen functional groups attached to an aromatic ring is 2. The highest BCUT2D eigenvalue weighted by Gasteiger charge is 2.54. The fourth-order valence-corrected chi connectivity index (χ4v) is 7.17. The second-order valence-corrected chi connectivity index (χ2v) is 13.6. The lowest BCUT2D eigenvalue weighted by atomic mass is 10.2. The Balaban J connectivity index is 1.22. The van der Waals surface area contributed by atoms with Crippen molar-refractivity contribution in [3.05, 3.63) is 31.2 Å². The first-order valence-electron chi connectivity index (χ1n) is 12.8. The number of hydrogen-bond acceptors (Lipinski definition) is 17. The van der Waals surface area contributed by atoms with Crippen LogP contribution in [0.4, 0.5) is 11.5 Å². The van der Waals surface area contributed by atoms with E-state index >= 15 is 0 Å². The average molecular weight is 657 g/mol. The van der Waals surface area contributed by atoms with Crippen molar-refractivity contribution in [3.63, 3.8) is 0 Å². The Kier molecular flexibility index (Phi) is 7.20. The maximum absolute atomic E-state index is 13.2. The first kappa shape index (κ1) is 29.5. The van der Waals surface area contributed by atoms with Gasteiger partial charge in [0, 0.05) is 6.20 Å². The van der Waals surface area contributed by atoms with E-state index in [1.165, 1.54) is 34.1 Å². The summed E-state index contributed by atoms with van der Waals surface area (Å²) in [6.07, 6.45) is -9.96. The van der Waals surface area contributed by atoms with Gasteiger partial charge in [-0.3, -0.25) is 27.3 Å². The van der Waals surface area contributed by atoms with Gasteiger partial charge in [-0.1, -0.05) is 0 Å². The van der Waals surface area contributed by atoms with E-state index in [1.54, 1.807) is 0 Å². The number of aliphatic hydroxyl groups excluding tert-OH is 2. The number of ether oxygens (including phenoxy) is 4. The molecule has 0 aromatic carbocycles. The predicted octanol–water partition coefficient (Wildman–Crippen LogP) is -1.03. The second kappa shape index (κ2) is 10.7. The maximum atomic E-state index is 13.2. The highest BCUT2D eigenvalue weighted by molar-refractivity contribution is 7.52. The van der Waals surface area contributed by atoms with Crippen LogP contribution in [0.2, 0.25) is 0 Å². The number of rotatable bonds is 2. The Morgan fingerprint density at radius 1 is 0.773 bits per heavy atom. The molecule has 0 aliphatic carbocycles. The van der Waals surface area contributed by atoms with Crippen molar-refractivity contribution in [1.29, 1.82) is 0 Å². The molecule has 23 heteroatoms. The molecule has 3 fully saturated rings. The third-order valence-corrected chi connectivity index (χ3v) is 9.24. The highest BCUT2D eigenvalue weighted by Crippen LogP contribution is 2.53. The molecule has 0 spiro atoms. The van der Waals surface area contributed by atoms with E-state index in [-0.39, 0.29) is 33.8 Å². The van der Waals surface area contributed by atoms with Crippen LogP contribution in [0.15, 0.2) is 31.2 Å². The number of aliphatic hydroxyl groups is 2. The zero-order valence-electron chi connectivity index (χ0n) is 22.2. The Morgan fingerprint density at radius 2 is 1.30 bits per heavy atom. The molecule has 4 aromatic rings. The van der Waals surface area contributed by atoms with Gasteiger partial charge in [0.05, 0.1) is 18.3 Å². The molecule has 3 saturated heterocycles. The van der Waals surface area contributed by atoms with Gasteiger partial charge in [0.25, 0.3) is 0 Å². The van der Waals surface area contributed by atoms with Gasteiger partial charge in [-0.15, -0.1) is 0 Å². The molecule has 4 unspecified atom stereocenters. The summed E-state index contributed by atoms with van der Waals surface area (Å²) < 4.78 is 62.3. The molecule has 10 atom stereocenters. The van der Waals surface area contributed by atoms with E-state index in [9.17, 15) is 29.1 Å². The highest BCUT2D eigenvalue weighted by atomic mass is 31.2. The third kappa shape index (κ3) is 5.06. The van der Waals surface area contributed by atoms with Gasteiger partial charge in [-0.05, 0) is 6.07 Å². The van der Waals surface area contributed by atoms with Crippen molar-refractivity contribution >= 4 is 49.0 Å². The molecule has 236 valence electrons. The van der Waals surface area contributed by atoms with Crippen LogP contribution < -0.4 is 11.5 Å². The molecule has 0 amide bonds. The second-order valence-electron chi connectivity index (χ2n) is 10.1. The van der Waals surface area contributed by atoms with Crippen LogP contribution in [0.25, 0.3) is 22.3 Å². The summed E-state index contributed by atoms with van der Waals surface area (Å²) in [5.74, 6) is 0.0328. The molecule has 3 aliphatic heterocycles. The average Bonchev–Trinajstić information content (AvgIpc) is 3.73. The van der Waals surface area contributed by atoms with E-state index < -0.39 is 77.3 Å². The number of hydrogen-bond donors (Lipinski definition) is 6. The van der Waals surface area contributed by atoms with E-state index in [0.29, 0.717) is 0 Å². The van der Waals surface area contributed by atoms with Crippen molar-refractivity contribution in [1.82, 2.24) is 34.1 Å². The zero-order valence-corrected chi connectivity index (χ0v) is 23.9. The summed E-state index contributed by atoms with van der Waals surface area (Å²) in [6, 6.07) is 1.51. The lowest BCUT2D eigenvalue weighted by Crippen LogP contribution is -2.37. The van der Waals surface area contributed by atoms with Gasteiger partial charge >= 0.3 is 15.2 Å². The van der Waals surface area contributed by atoms with Gasteiger partial charge in [-0.25, -0.2) is 24.9 Å². The minimum Gasteiger partial charge on any atom is -0.397 e. The van der Waals surface area contributed by atoms with Crippen molar-refractivity contribution < 1.29 is 57.1 Å². The molecular formula is C21H25N9O12P2. The lowest BCUT2D eigenvalue weighted by Gasteiger charge is -2.26. The van der Waals surface area contributed by atoms with Crippen LogP contribution in [0, 0.1) is 0 Å². The molecule has 7 heterocycles. The summed E-state index contributed by atoms with van der Waals surface area (Å²) in [5, 5.41) is 22.1. The van der Waals surface area contributed by atoms with Crippen LogP contribution in [0.3, 0.4) is 0 Å². The van der Waals surface area contributed by atoms with Crippen molar-refractivity contribution in [2.45, 2.75) is 49.5 Å². The molecule has 0 radical (unpaired) electrons. The van der Waals surface area contributed by atoms with Gasteiger partial charge in [-0.2, -0.15) is 0 Å². The zero-order chi connectivity index (χ0) is 31.0. The molecule has 8 N–H and O–H groups in total. The van der Waals surface area contributed by atoms with Crippen molar-refractivity contribution in [2.75, 3.05) is 24.2 Å². The minimum absolute atomic E-state index is 0.0328. The molecule has 7 rings (SSSR count). The van der Waals surface area contributed by atoms with Gasteiger partial charge < -0.3 is 50.4 Å². The van der Waals surface area contributed by atoms with Crippen LogP contribution >= 0.6 is 15.2 Å². The van der Waals surface area contributed by atoms with Gasteiger partial charge in [0.1, 0.15) is 41.8 Å². The number of nitrogens with zero attached hydrogens (tertiary/aromatic N) is 7. The minimum atomic E-state index is -4.76. The Bertz CT molecular complexity index is 1690. The summed E-state index contributed by atoms with van der Waals surface area (Å²) in [7, 11) is -9.51. The first-order valence-corrected chi connectivity index (χ1v) is 16.4. The van der Waals surface area contributed by atoms with Crippen LogP contribution in [0.1, 0.15) is 12.5 Å². The normalized spacial score (nSPS) is 38.3. The van der Waals surface area contributed by atoms with E-state index in [2.05, 4.69) is 24.9 Å². The van der Waals surface area contributed by atoms with Crippen molar-refractivity contribution in [2.24, 2.45) is 0 Å². The van der Waals surface area contributed by atoms with Crippen LogP contribution in [-0.4, -0.2) is 104 Å². The molecule has 21 nitrogen and oxygen atoms in total. The number of nitrogens with two attached hydrogens (primary N) is 2. The van der Waals surface area contributed by atoms with Crippen LogP contribution in [-0.2, 0) is 37.1 Å². The van der Waals surface area contributed by atoms with Gasteiger partial charge in [0.2, 0.25) is 0 Å². The molecular weight excluding hydrogens is 632 g/mol. The first-order chi connectivity index (χ1) is 20.9. The SMILES string of the molecule is Nc1ccnc2c1ncn2[C@@H]1O[C@@H]2OCP(=O)(O)O[C@H]3C(O)[C@@H](OCP(=O)(O)O[C@H]1C2O)O[C@H]3n1cnc2c(N)ncnc21. The molecule has 4 bridgehead atoms. The summed E-state index contributed by atoms with van der Waals surface area (Å²) >= 11 is 0. The smallest absolute Gasteiger partial charge is 0.354 e. The third-order valence-electron chi connectivity index (χ3n) is 7.14. The standard InChI is InChI=1S/C21H25N9O12P2/c22-8-1-2-24-16-9(8)27-4-29(16)18-13-11(31)20(39-18)37-6-44(35,36)42-14-12(32)21(38-7-43(33,34)41-13)40-19(14)30-5-28-10-15(23)25-3-26-17(10)30/h1-5,11-14,18-21,31-32H,6-7H2,(H2,22,24)(H,33,34)(H,35,36)(H2,23,25,26)/t11?,12?,13-,14-,18+,19+,20-,21-/m0/s1. The number of imidazole rings is 2. The quantitative estimate of drug-likeness (QED) is 0.140. The largest absolute Gasteiger partial charge is 0.397 e. The number of aromatic nitrogens is 7. The van der Waals surface area contributed by atoms with E-state index in [1.807, 2.05) is 0 Å². The number of anilines is 2. The number of pyridine rings is 1. The molecule has 44 heavy (non-hydrogen) atoms. The summed E-state index contributed by atoms with van der Waals surface area (Å²) in [6.45, 7) is 0. The Labute approximate surface area is 245 Å². The topological polar surface area (TPSA) is 297 Å². The molecule has 3 aliphatic rings. The summed E-state index contributed by atoms with van der Waals surface area (Å²) in [5.41, 5.74) is 12.9. The monoisotopic (exact) mass is 657 g/mol. The van der Waals surface area contributed by atoms with E-state index in [4.69, 9.17) is 39.5 Å². The van der Waals surface area contributed by atoms with Crippen molar-refractivity contribution in [3.8, 4) is 0 Å².